The van der Waals surface area contributed by atoms with E-state index in [0.29, 0.717) is 36.5 Å². The van der Waals surface area contributed by atoms with Gasteiger partial charge in [0, 0.05) is 30.6 Å². The topological polar surface area (TPSA) is 49.4 Å². The van der Waals surface area contributed by atoms with E-state index in [9.17, 15) is 14.0 Å². The standard InChI is InChI=1S/C22H28ClFN2O2/c23-16-5-8-19(24)18(12-16)21(28)26-13-15(4-9-20(27)25-17-6-7-17)22(14-26)10-2-1-3-11-22/h5,8,12,15,17H,1-4,6-7,9-11,13-14H2,(H,25,27). The first-order valence-electron chi connectivity index (χ1n) is 10.5. The highest BCUT2D eigenvalue weighted by Gasteiger charge is 2.48. The monoisotopic (exact) mass is 406 g/mol. The lowest BCUT2D eigenvalue weighted by atomic mass is 9.66. The van der Waals surface area contributed by atoms with Crippen LogP contribution in [-0.2, 0) is 4.79 Å². The molecular weight excluding hydrogens is 379 g/mol. The van der Waals surface area contributed by atoms with E-state index < -0.39 is 5.82 Å². The van der Waals surface area contributed by atoms with Gasteiger partial charge in [0.15, 0.2) is 0 Å². The van der Waals surface area contributed by atoms with Gasteiger partial charge in [-0.1, -0.05) is 30.9 Å². The number of hydrogen-bond donors (Lipinski definition) is 1. The summed E-state index contributed by atoms with van der Waals surface area (Å²) in [5.74, 6) is -0.391. The Morgan fingerprint density at radius 1 is 1.21 bits per heavy atom. The van der Waals surface area contributed by atoms with E-state index >= 15 is 0 Å². The molecule has 4 rings (SSSR count). The Morgan fingerprint density at radius 3 is 2.68 bits per heavy atom. The normalized spacial score (nSPS) is 23.8. The van der Waals surface area contributed by atoms with Crippen LogP contribution >= 0.6 is 11.6 Å². The highest BCUT2D eigenvalue weighted by molar-refractivity contribution is 6.31. The van der Waals surface area contributed by atoms with Crippen LogP contribution in [0.15, 0.2) is 18.2 Å². The fraction of sp³-hybridized carbons (Fsp3) is 0.636. The number of carbonyl (C=O) groups excluding carboxylic acids is 2. The number of nitrogens with one attached hydrogen (secondary N) is 1. The Hall–Kier alpha value is -1.62. The maximum Gasteiger partial charge on any atom is 0.256 e. The molecule has 0 bridgehead atoms. The molecule has 0 aromatic heterocycles. The molecule has 4 nitrogen and oxygen atoms in total. The van der Waals surface area contributed by atoms with Crippen molar-refractivity contribution in [2.75, 3.05) is 13.1 Å². The van der Waals surface area contributed by atoms with Crippen molar-refractivity contribution in [2.24, 2.45) is 11.3 Å². The van der Waals surface area contributed by atoms with Crippen LogP contribution in [0.5, 0.6) is 0 Å². The number of halogens is 2. The summed E-state index contributed by atoms with van der Waals surface area (Å²) in [4.78, 5) is 27.0. The summed E-state index contributed by atoms with van der Waals surface area (Å²) in [6, 6.07) is 4.51. The summed E-state index contributed by atoms with van der Waals surface area (Å²) in [6.45, 7) is 1.26. The Balaban J connectivity index is 1.48. The van der Waals surface area contributed by atoms with Gasteiger partial charge < -0.3 is 10.2 Å². The summed E-state index contributed by atoms with van der Waals surface area (Å²) in [5, 5.41) is 3.42. The summed E-state index contributed by atoms with van der Waals surface area (Å²) in [6.07, 6.45) is 9.22. The van der Waals surface area contributed by atoms with Crippen molar-refractivity contribution in [3.05, 3.63) is 34.6 Å². The Kier molecular flexibility index (Phi) is 5.64. The zero-order valence-corrected chi connectivity index (χ0v) is 16.9. The van der Waals surface area contributed by atoms with Crippen molar-refractivity contribution < 1.29 is 14.0 Å². The molecule has 152 valence electrons. The average Bonchev–Trinajstić information content (AvgIpc) is 3.43. The lowest BCUT2D eigenvalue weighted by molar-refractivity contribution is -0.121. The van der Waals surface area contributed by atoms with E-state index in [1.807, 2.05) is 0 Å². The molecule has 3 fully saturated rings. The summed E-state index contributed by atoms with van der Waals surface area (Å²) >= 11 is 5.99. The lowest BCUT2D eigenvalue weighted by Gasteiger charge is -2.38. The smallest absolute Gasteiger partial charge is 0.256 e. The van der Waals surface area contributed by atoms with E-state index in [0.717, 1.165) is 32.1 Å². The highest BCUT2D eigenvalue weighted by Crippen LogP contribution is 2.49. The van der Waals surface area contributed by atoms with Crippen LogP contribution in [0.25, 0.3) is 0 Å². The summed E-state index contributed by atoms with van der Waals surface area (Å²) in [7, 11) is 0. The minimum absolute atomic E-state index is 0.0468. The zero-order valence-electron chi connectivity index (χ0n) is 16.2. The van der Waals surface area contributed by atoms with Crippen LogP contribution in [0.1, 0.15) is 68.1 Å². The fourth-order valence-corrected chi connectivity index (χ4v) is 5.24. The van der Waals surface area contributed by atoms with Crippen molar-refractivity contribution in [1.82, 2.24) is 10.2 Å². The van der Waals surface area contributed by atoms with Crippen LogP contribution in [0, 0.1) is 17.2 Å². The van der Waals surface area contributed by atoms with Crippen molar-refractivity contribution in [3.63, 3.8) is 0 Å². The predicted molar refractivity (Wildman–Crippen MR) is 107 cm³/mol. The van der Waals surface area contributed by atoms with Crippen molar-refractivity contribution in [1.29, 1.82) is 0 Å². The molecule has 2 amide bonds. The molecular formula is C22H28ClFN2O2. The largest absolute Gasteiger partial charge is 0.353 e. The number of nitrogens with zero attached hydrogens (tertiary/aromatic N) is 1. The lowest BCUT2D eigenvalue weighted by Crippen LogP contribution is -2.35. The molecule has 3 aliphatic rings. The maximum absolute atomic E-state index is 14.2. The van der Waals surface area contributed by atoms with Gasteiger partial charge in [-0.05, 0) is 61.6 Å². The number of rotatable bonds is 5. The molecule has 1 N–H and O–H groups in total. The third-order valence-electron chi connectivity index (χ3n) is 6.77. The zero-order chi connectivity index (χ0) is 19.7. The second-order valence-electron chi connectivity index (χ2n) is 8.81. The van der Waals surface area contributed by atoms with E-state index in [1.165, 1.54) is 37.5 Å². The Morgan fingerprint density at radius 2 is 1.96 bits per heavy atom. The van der Waals surface area contributed by atoms with Crippen molar-refractivity contribution >= 4 is 23.4 Å². The molecule has 28 heavy (non-hydrogen) atoms. The van der Waals surface area contributed by atoms with Crippen molar-refractivity contribution in [2.45, 2.75) is 63.8 Å². The predicted octanol–water partition coefficient (Wildman–Crippen LogP) is 4.56. The Labute approximate surface area is 170 Å². The van der Waals surface area contributed by atoms with Gasteiger partial charge in [-0.2, -0.15) is 0 Å². The first-order valence-corrected chi connectivity index (χ1v) is 10.9. The van der Waals surface area contributed by atoms with Crippen LogP contribution < -0.4 is 5.32 Å². The average molecular weight is 407 g/mol. The molecule has 2 saturated carbocycles. The minimum atomic E-state index is -0.528. The van der Waals surface area contributed by atoms with Crippen LogP contribution in [0.2, 0.25) is 5.02 Å². The fourth-order valence-electron chi connectivity index (χ4n) is 5.07. The SMILES string of the molecule is O=C(CCC1CN(C(=O)c2cc(Cl)ccc2F)CC12CCCCC2)NC1CC1. The number of amides is 2. The molecule has 1 atom stereocenters. The first kappa shape index (κ1) is 19.7. The van der Waals surface area contributed by atoms with E-state index in [1.54, 1.807) is 4.90 Å². The second kappa shape index (κ2) is 8.02. The van der Waals surface area contributed by atoms with Gasteiger partial charge in [0.05, 0.1) is 5.56 Å². The van der Waals surface area contributed by atoms with Gasteiger partial charge in [0.25, 0.3) is 5.91 Å². The van der Waals surface area contributed by atoms with Gasteiger partial charge in [0.1, 0.15) is 5.82 Å². The molecule has 2 aliphatic carbocycles. The molecule has 1 spiro atoms. The van der Waals surface area contributed by atoms with Crippen LogP contribution in [0.3, 0.4) is 0 Å². The number of hydrogen-bond acceptors (Lipinski definition) is 2. The van der Waals surface area contributed by atoms with E-state index in [4.69, 9.17) is 11.6 Å². The molecule has 1 unspecified atom stereocenters. The third-order valence-corrected chi connectivity index (χ3v) is 7.01. The first-order chi connectivity index (χ1) is 13.5. The third kappa shape index (κ3) is 4.19. The van der Waals surface area contributed by atoms with Gasteiger partial charge in [-0.3, -0.25) is 9.59 Å². The Bertz CT molecular complexity index is 759. The number of likely N-dealkylation sites (tertiary alicyclic amines) is 1. The van der Waals surface area contributed by atoms with Gasteiger partial charge in [0.2, 0.25) is 5.91 Å². The van der Waals surface area contributed by atoms with E-state index in [2.05, 4.69) is 5.32 Å². The van der Waals surface area contributed by atoms with E-state index in [-0.39, 0.29) is 22.8 Å². The van der Waals surface area contributed by atoms with Gasteiger partial charge in [-0.15, -0.1) is 0 Å². The minimum Gasteiger partial charge on any atom is -0.353 e. The molecule has 1 heterocycles. The van der Waals surface area contributed by atoms with Crippen molar-refractivity contribution in [3.8, 4) is 0 Å². The molecule has 1 saturated heterocycles. The maximum atomic E-state index is 14.2. The van der Waals surface area contributed by atoms with Crippen LogP contribution in [-0.4, -0.2) is 35.8 Å². The van der Waals surface area contributed by atoms with Crippen LogP contribution in [0.4, 0.5) is 4.39 Å². The highest BCUT2D eigenvalue weighted by atomic mass is 35.5. The summed E-state index contributed by atoms with van der Waals surface area (Å²) < 4.78 is 14.2. The number of carbonyl (C=O) groups is 2. The quantitative estimate of drug-likeness (QED) is 0.779. The molecule has 0 radical (unpaired) electrons. The summed E-state index contributed by atoms with van der Waals surface area (Å²) in [5.41, 5.74) is 0.119. The van der Waals surface area contributed by atoms with Gasteiger partial charge >= 0.3 is 0 Å². The molecule has 1 aromatic carbocycles. The molecule has 6 heteroatoms. The number of benzene rings is 1. The molecule has 1 aromatic rings. The van der Waals surface area contributed by atoms with Gasteiger partial charge in [-0.25, -0.2) is 4.39 Å². The molecule has 1 aliphatic heterocycles. The second-order valence-corrected chi connectivity index (χ2v) is 9.25.